The van der Waals surface area contributed by atoms with Gasteiger partial charge in [-0.15, -0.1) is 0 Å². The predicted octanol–water partition coefficient (Wildman–Crippen LogP) is 4.10. The van der Waals surface area contributed by atoms with Crippen LogP contribution in [-0.4, -0.2) is 4.98 Å². The Morgan fingerprint density at radius 3 is 2.58 bits per heavy atom. The van der Waals surface area contributed by atoms with Crippen LogP contribution in [0.3, 0.4) is 0 Å². The van der Waals surface area contributed by atoms with Gasteiger partial charge < -0.3 is 5.43 Å². The number of hydrogen-bond acceptors (Lipinski definition) is 3. The Hall–Kier alpha value is -1.03. The maximum Gasteiger partial charge on any atom is 0.0927 e. The molecule has 1 aromatic heterocycles. The summed E-state index contributed by atoms with van der Waals surface area (Å²) in [6, 6.07) is 3.57. The van der Waals surface area contributed by atoms with E-state index in [0.717, 1.165) is 48.0 Å². The van der Waals surface area contributed by atoms with Crippen molar-refractivity contribution in [3.63, 3.8) is 0 Å². The first-order valence-corrected chi connectivity index (χ1v) is 7.24. The topological polar surface area (TPSA) is 50.9 Å². The van der Waals surface area contributed by atoms with Gasteiger partial charge in [-0.05, 0) is 43.4 Å². The summed E-state index contributed by atoms with van der Waals surface area (Å²) < 4.78 is 0. The smallest absolute Gasteiger partial charge is 0.0927 e. The molecule has 1 aliphatic rings. The number of rotatable bonds is 1. The number of halogens is 2. The zero-order valence-electron chi connectivity index (χ0n) is 10.5. The summed E-state index contributed by atoms with van der Waals surface area (Å²) in [5, 5.41) is 2.08. The molecule has 0 fully saturated rings. The van der Waals surface area contributed by atoms with Crippen LogP contribution in [0, 0.1) is 0 Å². The average Bonchev–Trinajstić information content (AvgIpc) is 2.66. The van der Waals surface area contributed by atoms with E-state index in [1.807, 2.05) is 0 Å². The summed E-state index contributed by atoms with van der Waals surface area (Å²) in [5.41, 5.74) is 6.72. The Bertz CT molecular complexity index is 640. The van der Waals surface area contributed by atoms with E-state index >= 15 is 0 Å². The van der Waals surface area contributed by atoms with Crippen LogP contribution in [0.15, 0.2) is 12.1 Å². The zero-order valence-corrected chi connectivity index (χ0v) is 12.0. The van der Waals surface area contributed by atoms with Crippen molar-refractivity contribution in [2.24, 2.45) is 5.84 Å². The SMILES string of the molecule is NNc1c2c(nc3c(Cl)ccc(Cl)c13)CCCCC2. The van der Waals surface area contributed by atoms with Gasteiger partial charge in [-0.25, -0.2) is 0 Å². The molecule has 0 unspecified atom stereocenters. The van der Waals surface area contributed by atoms with Crippen LogP contribution in [0.2, 0.25) is 10.0 Å². The quantitative estimate of drug-likeness (QED) is 0.473. The van der Waals surface area contributed by atoms with Gasteiger partial charge in [-0.2, -0.15) is 0 Å². The van der Waals surface area contributed by atoms with Crippen molar-refractivity contribution in [3.8, 4) is 0 Å². The molecule has 0 saturated heterocycles. The third kappa shape index (κ3) is 2.16. The van der Waals surface area contributed by atoms with Crippen molar-refractivity contribution in [1.29, 1.82) is 0 Å². The highest BCUT2D eigenvalue weighted by Crippen LogP contribution is 2.38. The molecular formula is C14H15Cl2N3. The Kier molecular flexibility index (Phi) is 3.52. The van der Waals surface area contributed by atoms with Crippen molar-refractivity contribution >= 4 is 39.8 Å². The third-order valence-corrected chi connectivity index (χ3v) is 4.33. The fraction of sp³-hybridized carbons (Fsp3) is 0.357. The number of hydrogen-bond donors (Lipinski definition) is 2. The largest absolute Gasteiger partial charge is 0.323 e. The summed E-state index contributed by atoms with van der Waals surface area (Å²) in [6.07, 6.45) is 5.50. The second kappa shape index (κ2) is 5.16. The molecule has 19 heavy (non-hydrogen) atoms. The highest BCUT2D eigenvalue weighted by atomic mass is 35.5. The first kappa shape index (κ1) is 13.0. The minimum atomic E-state index is 0.614. The van der Waals surface area contributed by atoms with Gasteiger partial charge in [-0.1, -0.05) is 29.6 Å². The van der Waals surface area contributed by atoms with Crippen molar-refractivity contribution in [2.75, 3.05) is 5.43 Å². The van der Waals surface area contributed by atoms with Crippen molar-refractivity contribution in [3.05, 3.63) is 33.4 Å². The first-order valence-electron chi connectivity index (χ1n) is 6.48. The van der Waals surface area contributed by atoms with E-state index in [2.05, 4.69) is 5.43 Å². The molecule has 0 radical (unpaired) electrons. The van der Waals surface area contributed by atoms with Crippen LogP contribution < -0.4 is 11.3 Å². The monoisotopic (exact) mass is 295 g/mol. The van der Waals surface area contributed by atoms with E-state index in [1.54, 1.807) is 12.1 Å². The highest BCUT2D eigenvalue weighted by molar-refractivity contribution is 6.40. The number of aromatic nitrogens is 1. The molecule has 1 heterocycles. The van der Waals surface area contributed by atoms with Crippen LogP contribution in [0.25, 0.3) is 10.9 Å². The fourth-order valence-corrected chi connectivity index (χ4v) is 3.24. The average molecular weight is 296 g/mol. The lowest BCUT2D eigenvalue weighted by Gasteiger charge is -2.16. The molecule has 3 N–H and O–H groups in total. The van der Waals surface area contributed by atoms with Gasteiger partial charge >= 0.3 is 0 Å². The third-order valence-electron chi connectivity index (χ3n) is 3.71. The van der Waals surface area contributed by atoms with Gasteiger partial charge in [0.15, 0.2) is 0 Å². The lowest BCUT2D eigenvalue weighted by Crippen LogP contribution is -2.12. The lowest BCUT2D eigenvalue weighted by atomic mass is 10.0. The minimum Gasteiger partial charge on any atom is -0.323 e. The number of fused-ring (bicyclic) bond motifs is 2. The Morgan fingerprint density at radius 1 is 1.05 bits per heavy atom. The fourth-order valence-electron chi connectivity index (χ4n) is 2.79. The molecule has 3 nitrogen and oxygen atoms in total. The Labute approximate surface area is 122 Å². The first-order chi connectivity index (χ1) is 9.22. The van der Waals surface area contributed by atoms with E-state index in [1.165, 1.54) is 12.0 Å². The lowest BCUT2D eigenvalue weighted by molar-refractivity contribution is 0.709. The second-order valence-corrected chi connectivity index (χ2v) is 5.68. The summed E-state index contributed by atoms with van der Waals surface area (Å²) in [5.74, 6) is 5.73. The van der Waals surface area contributed by atoms with Gasteiger partial charge in [0.25, 0.3) is 0 Å². The van der Waals surface area contributed by atoms with Gasteiger partial charge in [0, 0.05) is 11.1 Å². The normalized spacial score (nSPS) is 15.1. The molecule has 2 aromatic rings. The van der Waals surface area contributed by atoms with Crippen LogP contribution in [-0.2, 0) is 12.8 Å². The number of nitrogens with zero attached hydrogens (tertiary/aromatic N) is 1. The summed E-state index contributed by atoms with van der Waals surface area (Å²) in [4.78, 5) is 4.73. The standard InChI is InChI=1S/C14H15Cl2N3/c15-9-6-7-10(16)14-12(9)13(19-17)8-4-2-1-3-5-11(8)18-14/h6-7H,1-5,17H2,(H,18,19). The van der Waals surface area contributed by atoms with Crippen molar-refractivity contribution in [1.82, 2.24) is 4.98 Å². The van der Waals surface area contributed by atoms with Crippen LogP contribution >= 0.6 is 23.2 Å². The van der Waals surface area contributed by atoms with E-state index in [9.17, 15) is 0 Å². The van der Waals surface area contributed by atoms with E-state index in [0.29, 0.717) is 10.0 Å². The van der Waals surface area contributed by atoms with Gasteiger partial charge in [0.05, 0.1) is 21.2 Å². The Balaban J connectivity index is 2.39. The molecule has 0 aliphatic heterocycles. The summed E-state index contributed by atoms with van der Waals surface area (Å²) in [7, 11) is 0. The summed E-state index contributed by atoms with van der Waals surface area (Å²) in [6.45, 7) is 0. The van der Waals surface area contributed by atoms with Crippen LogP contribution in [0.4, 0.5) is 5.69 Å². The van der Waals surface area contributed by atoms with Crippen molar-refractivity contribution in [2.45, 2.75) is 32.1 Å². The molecule has 1 aliphatic carbocycles. The van der Waals surface area contributed by atoms with Crippen molar-refractivity contribution < 1.29 is 0 Å². The maximum absolute atomic E-state index is 6.30. The molecule has 0 saturated carbocycles. The molecule has 1 aromatic carbocycles. The second-order valence-electron chi connectivity index (χ2n) is 4.87. The van der Waals surface area contributed by atoms with E-state index in [4.69, 9.17) is 34.0 Å². The molecule has 5 heteroatoms. The minimum absolute atomic E-state index is 0.614. The molecule has 3 rings (SSSR count). The number of nitrogens with one attached hydrogen (secondary N) is 1. The number of hydrazine groups is 1. The number of pyridine rings is 1. The summed E-state index contributed by atoms with van der Waals surface area (Å²) >= 11 is 12.6. The van der Waals surface area contributed by atoms with Gasteiger partial charge in [0.1, 0.15) is 0 Å². The highest BCUT2D eigenvalue weighted by Gasteiger charge is 2.19. The number of nitrogens with two attached hydrogens (primary N) is 1. The zero-order chi connectivity index (χ0) is 13.4. The molecule has 0 atom stereocenters. The molecule has 0 spiro atoms. The number of aryl methyl sites for hydroxylation is 1. The number of benzene rings is 1. The Morgan fingerprint density at radius 2 is 1.79 bits per heavy atom. The van der Waals surface area contributed by atoms with Gasteiger partial charge in [-0.3, -0.25) is 10.8 Å². The molecule has 0 bridgehead atoms. The maximum atomic E-state index is 6.30. The molecule has 0 amide bonds. The van der Waals surface area contributed by atoms with Crippen LogP contribution in [0.1, 0.15) is 30.5 Å². The molecule has 100 valence electrons. The van der Waals surface area contributed by atoms with Gasteiger partial charge in [0.2, 0.25) is 0 Å². The predicted molar refractivity (Wildman–Crippen MR) is 80.8 cm³/mol. The van der Waals surface area contributed by atoms with Crippen LogP contribution in [0.5, 0.6) is 0 Å². The van der Waals surface area contributed by atoms with E-state index < -0.39 is 0 Å². The number of nitrogen functional groups attached to an aromatic ring is 1. The van der Waals surface area contributed by atoms with E-state index in [-0.39, 0.29) is 0 Å². The number of anilines is 1. The molecular weight excluding hydrogens is 281 g/mol.